The monoisotopic (exact) mass is 321 g/mol. The number of aromatic nitrogens is 1. The van der Waals surface area contributed by atoms with Gasteiger partial charge in [0.15, 0.2) is 0 Å². The summed E-state index contributed by atoms with van der Waals surface area (Å²) in [7, 11) is 1.34. The van der Waals surface area contributed by atoms with Gasteiger partial charge >= 0.3 is 5.97 Å². The van der Waals surface area contributed by atoms with E-state index in [-0.39, 0.29) is 0 Å². The number of esters is 1. The maximum atomic E-state index is 11.4. The molecule has 0 saturated heterocycles. The van der Waals surface area contributed by atoms with Crippen LogP contribution in [0.1, 0.15) is 16.1 Å². The lowest BCUT2D eigenvalue weighted by molar-refractivity contribution is 0.0599. The Morgan fingerprint density at radius 2 is 1.95 bits per heavy atom. The van der Waals surface area contributed by atoms with Crippen LogP contribution in [0.25, 0.3) is 0 Å². The third-order valence-electron chi connectivity index (χ3n) is 2.52. The summed E-state index contributed by atoms with van der Waals surface area (Å²) in [6, 6.07) is 10.8. The molecule has 1 aromatic heterocycles. The molecular weight excluding hydrogens is 310 g/mol. The van der Waals surface area contributed by atoms with Crippen molar-refractivity contribution in [2.24, 2.45) is 0 Å². The van der Waals surface area contributed by atoms with Gasteiger partial charge in [-0.2, -0.15) is 0 Å². The summed E-state index contributed by atoms with van der Waals surface area (Å²) in [5.41, 5.74) is 0.999. The van der Waals surface area contributed by atoms with E-state index in [1.54, 1.807) is 19.1 Å². The van der Waals surface area contributed by atoms with Crippen molar-refractivity contribution in [3.63, 3.8) is 0 Å². The minimum absolute atomic E-state index is 0.405. The zero-order valence-electron chi connectivity index (χ0n) is 10.5. The lowest BCUT2D eigenvalue weighted by Gasteiger charge is -2.08. The first-order valence-electron chi connectivity index (χ1n) is 5.60. The van der Waals surface area contributed by atoms with Crippen LogP contribution in [0.2, 0.25) is 0 Å². The van der Waals surface area contributed by atoms with Gasteiger partial charge in [-0.3, -0.25) is 0 Å². The Morgan fingerprint density at radius 3 is 2.58 bits per heavy atom. The summed E-state index contributed by atoms with van der Waals surface area (Å²) in [6.07, 6.45) is 0. The maximum absolute atomic E-state index is 11.4. The van der Waals surface area contributed by atoms with Gasteiger partial charge in [-0.25, -0.2) is 9.78 Å². The van der Waals surface area contributed by atoms with E-state index in [0.29, 0.717) is 22.9 Å². The molecule has 0 saturated carbocycles. The lowest BCUT2D eigenvalue weighted by atomic mass is 10.2. The van der Waals surface area contributed by atoms with E-state index in [4.69, 9.17) is 4.74 Å². The van der Waals surface area contributed by atoms with Crippen molar-refractivity contribution < 1.29 is 14.3 Å². The van der Waals surface area contributed by atoms with Crippen molar-refractivity contribution >= 4 is 21.9 Å². The van der Waals surface area contributed by atoms with Gasteiger partial charge in [-0.15, -0.1) is 0 Å². The molecule has 0 fully saturated rings. The van der Waals surface area contributed by atoms with Crippen LogP contribution in [0.4, 0.5) is 0 Å². The third kappa shape index (κ3) is 3.12. The Kier molecular flexibility index (Phi) is 4.16. The van der Waals surface area contributed by atoms with Gasteiger partial charge in [0, 0.05) is 6.07 Å². The quantitative estimate of drug-likeness (QED) is 0.808. The molecule has 5 heteroatoms. The van der Waals surface area contributed by atoms with E-state index < -0.39 is 5.97 Å². The molecule has 0 spiro atoms. The minimum atomic E-state index is -0.405. The Balaban J connectivity index is 2.26. The molecule has 0 bridgehead atoms. The highest BCUT2D eigenvalue weighted by Gasteiger charge is 2.11. The summed E-state index contributed by atoms with van der Waals surface area (Å²) in [5, 5.41) is 0. The minimum Gasteiger partial charge on any atom is -0.465 e. The van der Waals surface area contributed by atoms with Gasteiger partial charge in [0.1, 0.15) is 5.75 Å². The Hall–Kier alpha value is -1.88. The number of hydrogen-bond acceptors (Lipinski definition) is 4. The number of rotatable bonds is 3. The van der Waals surface area contributed by atoms with E-state index in [0.717, 1.165) is 4.47 Å². The fourth-order valence-corrected chi connectivity index (χ4v) is 1.93. The van der Waals surface area contributed by atoms with Crippen LogP contribution < -0.4 is 4.74 Å². The molecule has 0 aliphatic rings. The van der Waals surface area contributed by atoms with Gasteiger partial charge in [0.2, 0.25) is 5.88 Å². The van der Waals surface area contributed by atoms with E-state index in [1.807, 2.05) is 24.3 Å². The molecule has 4 nitrogen and oxygen atoms in total. The molecule has 98 valence electrons. The number of benzene rings is 1. The van der Waals surface area contributed by atoms with Crippen LogP contribution >= 0.6 is 15.9 Å². The highest BCUT2D eigenvalue weighted by Crippen LogP contribution is 2.28. The number of aryl methyl sites for hydroxylation is 1. The number of pyridine rings is 1. The third-order valence-corrected chi connectivity index (χ3v) is 3.17. The zero-order valence-corrected chi connectivity index (χ0v) is 12.1. The van der Waals surface area contributed by atoms with Crippen molar-refractivity contribution in [1.82, 2.24) is 4.98 Å². The first-order valence-corrected chi connectivity index (χ1v) is 6.39. The number of hydrogen-bond donors (Lipinski definition) is 0. The van der Waals surface area contributed by atoms with E-state index in [1.165, 1.54) is 7.11 Å². The van der Waals surface area contributed by atoms with Crippen LogP contribution in [0.15, 0.2) is 40.9 Å². The number of methoxy groups -OCH3 is 1. The van der Waals surface area contributed by atoms with Crippen molar-refractivity contribution in [1.29, 1.82) is 0 Å². The molecule has 0 radical (unpaired) electrons. The molecular formula is C14H12BrNO3. The first-order chi connectivity index (χ1) is 9.11. The number of carbonyl (C=O) groups excluding carboxylic acids is 1. The van der Waals surface area contributed by atoms with Gasteiger partial charge in [-0.1, -0.05) is 12.1 Å². The average molecular weight is 322 g/mol. The summed E-state index contributed by atoms with van der Waals surface area (Å²) >= 11 is 3.39. The molecule has 1 heterocycles. The number of ether oxygens (including phenoxy) is 2. The maximum Gasteiger partial charge on any atom is 0.339 e. The van der Waals surface area contributed by atoms with Crippen LogP contribution in [0, 0.1) is 6.92 Å². The lowest BCUT2D eigenvalue weighted by Crippen LogP contribution is -2.05. The summed E-state index contributed by atoms with van der Waals surface area (Å²) < 4.78 is 11.2. The molecule has 2 rings (SSSR count). The first kappa shape index (κ1) is 13.5. The molecule has 0 N–H and O–H groups in total. The van der Waals surface area contributed by atoms with Crippen LogP contribution in [-0.4, -0.2) is 18.1 Å². The number of halogens is 1. The average Bonchev–Trinajstić information content (AvgIpc) is 2.41. The van der Waals surface area contributed by atoms with Gasteiger partial charge < -0.3 is 9.47 Å². The molecule has 1 aromatic carbocycles. The van der Waals surface area contributed by atoms with Crippen LogP contribution in [0.5, 0.6) is 11.6 Å². The second-order valence-electron chi connectivity index (χ2n) is 3.81. The molecule has 2 aromatic rings. The highest BCUT2D eigenvalue weighted by molar-refractivity contribution is 9.10. The van der Waals surface area contributed by atoms with E-state index >= 15 is 0 Å². The van der Waals surface area contributed by atoms with Crippen molar-refractivity contribution in [2.45, 2.75) is 6.92 Å². The Morgan fingerprint density at radius 1 is 1.21 bits per heavy atom. The molecule has 19 heavy (non-hydrogen) atoms. The molecule has 0 unspecified atom stereocenters. The Labute approximate surface area is 119 Å². The summed E-state index contributed by atoms with van der Waals surface area (Å²) in [6.45, 7) is 1.74. The molecule has 0 atom stereocenters. The summed E-state index contributed by atoms with van der Waals surface area (Å²) in [5.74, 6) is 0.690. The predicted molar refractivity (Wildman–Crippen MR) is 74.5 cm³/mol. The van der Waals surface area contributed by atoms with E-state index in [9.17, 15) is 4.79 Å². The van der Waals surface area contributed by atoms with Gasteiger partial charge in [0.25, 0.3) is 0 Å². The van der Waals surface area contributed by atoms with Gasteiger partial charge in [0.05, 0.1) is 22.8 Å². The number of para-hydroxylation sites is 1. The molecule has 0 amide bonds. The van der Waals surface area contributed by atoms with Crippen LogP contribution in [-0.2, 0) is 4.74 Å². The second-order valence-corrected chi connectivity index (χ2v) is 4.66. The van der Waals surface area contributed by atoms with Crippen molar-refractivity contribution in [3.05, 3.63) is 52.1 Å². The fraction of sp³-hybridized carbons (Fsp3) is 0.143. The van der Waals surface area contributed by atoms with Gasteiger partial charge in [-0.05, 0) is 41.1 Å². The number of carbonyl (C=O) groups is 1. The van der Waals surface area contributed by atoms with Crippen LogP contribution in [0.3, 0.4) is 0 Å². The predicted octanol–water partition coefficient (Wildman–Crippen LogP) is 3.73. The largest absolute Gasteiger partial charge is 0.465 e. The SMILES string of the molecule is COC(=O)c1ccc(Oc2ccccc2Br)nc1C. The standard InChI is InChI=1S/C14H12BrNO3/c1-9-10(14(17)18-2)7-8-13(16-9)19-12-6-4-3-5-11(12)15/h3-8H,1-2H3. The molecule has 0 aliphatic carbocycles. The summed E-state index contributed by atoms with van der Waals surface area (Å²) in [4.78, 5) is 15.7. The fourth-order valence-electron chi connectivity index (χ4n) is 1.56. The number of nitrogens with zero attached hydrogens (tertiary/aromatic N) is 1. The topological polar surface area (TPSA) is 48.4 Å². The second kappa shape index (κ2) is 5.84. The van der Waals surface area contributed by atoms with Crippen molar-refractivity contribution in [2.75, 3.05) is 7.11 Å². The zero-order chi connectivity index (χ0) is 13.8. The van der Waals surface area contributed by atoms with Crippen molar-refractivity contribution in [3.8, 4) is 11.6 Å². The Bertz CT molecular complexity index is 613. The smallest absolute Gasteiger partial charge is 0.339 e. The molecule has 0 aliphatic heterocycles. The normalized spacial score (nSPS) is 10.1. The highest BCUT2D eigenvalue weighted by atomic mass is 79.9. The van der Waals surface area contributed by atoms with E-state index in [2.05, 4.69) is 25.7 Å².